The zero-order valence-corrected chi connectivity index (χ0v) is 12.1. The van der Waals surface area contributed by atoms with E-state index in [0.29, 0.717) is 18.1 Å². The van der Waals surface area contributed by atoms with Gasteiger partial charge >= 0.3 is 0 Å². The van der Waals surface area contributed by atoms with E-state index in [1.54, 1.807) is 19.2 Å². The Morgan fingerprint density at radius 3 is 2.80 bits per heavy atom. The summed E-state index contributed by atoms with van der Waals surface area (Å²) in [6, 6.07) is 1.65. The smallest absolute Gasteiger partial charge is 0.246 e. The monoisotopic (exact) mass is 296 g/mol. The number of hydrogen-bond acceptors (Lipinski definition) is 6. The van der Waals surface area contributed by atoms with Crippen molar-refractivity contribution in [1.29, 1.82) is 0 Å². The van der Waals surface area contributed by atoms with Crippen LogP contribution in [0.5, 0.6) is 0 Å². The molecule has 0 fully saturated rings. The highest BCUT2D eigenvalue weighted by atomic mass is 32.2. The molecule has 0 bridgehead atoms. The third-order valence-electron chi connectivity index (χ3n) is 2.65. The Labute approximate surface area is 117 Å². The maximum atomic E-state index is 12.2. The number of nitrogens with zero attached hydrogens (tertiary/aromatic N) is 4. The van der Waals surface area contributed by atoms with Gasteiger partial charge in [0.1, 0.15) is 10.7 Å². The van der Waals surface area contributed by atoms with E-state index in [2.05, 4.69) is 19.8 Å². The zero-order chi connectivity index (χ0) is 14.8. The van der Waals surface area contributed by atoms with Gasteiger partial charge in [-0.3, -0.25) is 4.68 Å². The van der Waals surface area contributed by atoms with Gasteiger partial charge < -0.3 is 5.73 Å². The van der Waals surface area contributed by atoms with Crippen LogP contribution < -0.4 is 10.5 Å². The molecule has 0 spiro atoms. The van der Waals surface area contributed by atoms with E-state index in [1.165, 1.54) is 10.9 Å². The topological polar surface area (TPSA) is 116 Å². The van der Waals surface area contributed by atoms with Crippen molar-refractivity contribution in [1.82, 2.24) is 24.5 Å². The lowest BCUT2D eigenvalue weighted by Gasteiger charge is -2.05. The summed E-state index contributed by atoms with van der Waals surface area (Å²) in [6.07, 6.45) is 2.98. The van der Waals surface area contributed by atoms with Crippen molar-refractivity contribution in [2.24, 2.45) is 0 Å². The quantitative estimate of drug-likeness (QED) is 0.806. The van der Waals surface area contributed by atoms with Crippen molar-refractivity contribution in [3.05, 3.63) is 30.0 Å². The molecule has 0 aromatic carbocycles. The molecule has 0 aliphatic rings. The van der Waals surface area contributed by atoms with Crippen molar-refractivity contribution in [2.75, 3.05) is 5.73 Å². The number of nitrogens with one attached hydrogen (secondary N) is 1. The summed E-state index contributed by atoms with van der Waals surface area (Å²) in [7, 11) is -3.71. The third-order valence-corrected chi connectivity index (χ3v) is 4.06. The van der Waals surface area contributed by atoms with Gasteiger partial charge in [-0.1, -0.05) is 0 Å². The number of aromatic nitrogens is 4. The van der Waals surface area contributed by atoms with Crippen LogP contribution in [0.25, 0.3) is 0 Å². The first-order chi connectivity index (χ1) is 9.42. The van der Waals surface area contributed by atoms with Gasteiger partial charge in [0.15, 0.2) is 5.82 Å². The van der Waals surface area contributed by atoms with Gasteiger partial charge in [0, 0.05) is 18.9 Å². The van der Waals surface area contributed by atoms with Crippen molar-refractivity contribution >= 4 is 15.8 Å². The SMILES string of the molecule is CCn1cc(S(=O)(=O)NCc2ccnc(C)n2)c(N)n1. The molecular weight excluding hydrogens is 280 g/mol. The number of rotatable bonds is 5. The fraction of sp³-hybridized carbons (Fsp3) is 0.364. The first-order valence-corrected chi connectivity index (χ1v) is 7.52. The molecule has 3 N–H and O–H groups in total. The molecule has 0 radical (unpaired) electrons. The second kappa shape index (κ2) is 5.55. The largest absolute Gasteiger partial charge is 0.381 e. The molecule has 0 aliphatic heterocycles. The third kappa shape index (κ3) is 3.11. The minimum Gasteiger partial charge on any atom is -0.381 e. The van der Waals surface area contributed by atoms with Crippen LogP contribution in [-0.2, 0) is 23.1 Å². The summed E-state index contributed by atoms with van der Waals surface area (Å²) in [5.74, 6) is 0.568. The van der Waals surface area contributed by atoms with E-state index in [4.69, 9.17) is 5.73 Å². The van der Waals surface area contributed by atoms with E-state index in [0.717, 1.165) is 0 Å². The predicted molar refractivity (Wildman–Crippen MR) is 73.1 cm³/mol. The molecular formula is C11H16N6O2S. The van der Waals surface area contributed by atoms with Gasteiger partial charge in [-0.2, -0.15) is 5.10 Å². The molecule has 2 aromatic heterocycles. The maximum absolute atomic E-state index is 12.2. The van der Waals surface area contributed by atoms with E-state index < -0.39 is 10.0 Å². The van der Waals surface area contributed by atoms with Crippen LogP contribution in [-0.4, -0.2) is 28.2 Å². The predicted octanol–water partition coefficient (Wildman–Crippen LogP) is 0.0621. The molecule has 0 unspecified atom stereocenters. The standard InChI is InChI=1S/C11H16N6O2S/c1-3-17-7-10(11(12)16-17)20(18,19)14-6-9-4-5-13-8(2)15-9/h4-5,7,14H,3,6H2,1-2H3,(H2,12,16). The Hall–Kier alpha value is -2.00. The lowest BCUT2D eigenvalue weighted by molar-refractivity contribution is 0.580. The molecule has 9 heteroatoms. The number of sulfonamides is 1. The Morgan fingerprint density at radius 2 is 2.20 bits per heavy atom. The van der Waals surface area contributed by atoms with E-state index in [-0.39, 0.29) is 17.3 Å². The molecule has 0 saturated carbocycles. The highest BCUT2D eigenvalue weighted by molar-refractivity contribution is 7.89. The second-order valence-electron chi connectivity index (χ2n) is 4.15. The van der Waals surface area contributed by atoms with E-state index >= 15 is 0 Å². The van der Waals surface area contributed by atoms with Gasteiger partial charge in [-0.25, -0.2) is 23.1 Å². The Balaban J connectivity index is 2.17. The van der Waals surface area contributed by atoms with Crippen molar-refractivity contribution < 1.29 is 8.42 Å². The summed E-state index contributed by atoms with van der Waals surface area (Å²) in [6.45, 7) is 4.20. The molecule has 2 heterocycles. The second-order valence-corrected chi connectivity index (χ2v) is 5.89. The number of anilines is 1. The maximum Gasteiger partial charge on any atom is 0.246 e. The first kappa shape index (κ1) is 14.4. The molecule has 0 atom stereocenters. The van der Waals surface area contributed by atoms with Gasteiger partial charge in [-0.15, -0.1) is 0 Å². The normalized spacial score (nSPS) is 11.7. The average Bonchev–Trinajstić information content (AvgIpc) is 2.79. The molecule has 20 heavy (non-hydrogen) atoms. The minimum absolute atomic E-state index is 0.0155. The minimum atomic E-state index is -3.71. The average molecular weight is 296 g/mol. The lowest BCUT2D eigenvalue weighted by atomic mass is 10.4. The van der Waals surface area contributed by atoms with Gasteiger partial charge in [0.05, 0.1) is 12.2 Å². The van der Waals surface area contributed by atoms with Crippen LogP contribution >= 0.6 is 0 Å². The molecule has 0 aliphatic carbocycles. The summed E-state index contributed by atoms with van der Waals surface area (Å²) in [4.78, 5) is 8.05. The van der Waals surface area contributed by atoms with Gasteiger partial charge in [0.2, 0.25) is 10.0 Å². The molecule has 0 saturated heterocycles. The first-order valence-electron chi connectivity index (χ1n) is 6.03. The molecule has 8 nitrogen and oxygen atoms in total. The number of nitrogen functional groups attached to an aromatic ring is 1. The highest BCUT2D eigenvalue weighted by Crippen LogP contribution is 2.16. The van der Waals surface area contributed by atoms with Crippen molar-refractivity contribution in [3.8, 4) is 0 Å². The van der Waals surface area contributed by atoms with Crippen LogP contribution in [0.1, 0.15) is 18.4 Å². The fourth-order valence-corrected chi connectivity index (χ4v) is 2.71. The fourth-order valence-electron chi connectivity index (χ4n) is 1.64. The van der Waals surface area contributed by atoms with Crippen LogP contribution in [0, 0.1) is 6.92 Å². The van der Waals surface area contributed by atoms with E-state index in [9.17, 15) is 8.42 Å². The van der Waals surface area contributed by atoms with Crippen LogP contribution in [0.2, 0.25) is 0 Å². The number of hydrogen-bond donors (Lipinski definition) is 2. The lowest BCUT2D eigenvalue weighted by Crippen LogP contribution is -2.24. The molecule has 2 aromatic rings. The Bertz CT molecular complexity index is 709. The van der Waals surface area contributed by atoms with Crippen molar-refractivity contribution in [3.63, 3.8) is 0 Å². The van der Waals surface area contributed by atoms with Crippen LogP contribution in [0.4, 0.5) is 5.82 Å². The Morgan fingerprint density at radius 1 is 1.45 bits per heavy atom. The molecule has 108 valence electrons. The molecule has 2 rings (SSSR count). The summed E-state index contributed by atoms with van der Waals surface area (Å²) in [5, 5.41) is 3.91. The highest BCUT2D eigenvalue weighted by Gasteiger charge is 2.20. The summed E-state index contributed by atoms with van der Waals surface area (Å²) in [5.41, 5.74) is 6.21. The number of nitrogens with two attached hydrogens (primary N) is 1. The van der Waals surface area contributed by atoms with Gasteiger partial charge in [0.25, 0.3) is 0 Å². The number of aryl methyl sites for hydroxylation is 2. The van der Waals surface area contributed by atoms with Gasteiger partial charge in [-0.05, 0) is 19.9 Å². The zero-order valence-electron chi connectivity index (χ0n) is 11.2. The Kier molecular flexibility index (Phi) is 4.00. The van der Waals surface area contributed by atoms with Crippen LogP contribution in [0.3, 0.4) is 0 Å². The van der Waals surface area contributed by atoms with Crippen LogP contribution in [0.15, 0.2) is 23.4 Å². The molecule has 0 amide bonds. The summed E-state index contributed by atoms with van der Waals surface area (Å²) < 4.78 is 28.2. The van der Waals surface area contributed by atoms with Crippen molar-refractivity contribution in [2.45, 2.75) is 31.8 Å². The summed E-state index contributed by atoms with van der Waals surface area (Å²) >= 11 is 0. The van der Waals surface area contributed by atoms with E-state index in [1.807, 2.05) is 6.92 Å².